The lowest BCUT2D eigenvalue weighted by molar-refractivity contribution is 0.849. The zero-order valence-electron chi connectivity index (χ0n) is 12.2. The second-order valence-electron chi connectivity index (χ2n) is 4.83. The summed E-state index contributed by atoms with van der Waals surface area (Å²) in [6.45, 7) is 3.77. The number of aromatic nitrogens is 3. The summed E-state index contributed by atoms with van der Waals surface area (Å²) in [5.41, 5.74) is 2.32. The highest BCUT2D eigenvalue weighted by atomic mass is 32.2. The van der Waals surface area contributed by atoms with Gasteiger partial charge in [-0.15, -0.1) is 16.8 Å². The summed E-state index contributed by atoms with van der Waals surface area (Å²) in [7, 11) is 0. The molecule has 1 heterocycles. The van der Waals surface area contributed by atoms with Gasteiger partial charge in [0.25, 0.3) is 0 Å². The van der Waals surface area contributed by atoms with Gasteiger partial charge in [-0.1, -0.05) is 66.4 Å². The number of thioether (sulfide) groups is 1. The van der Waals surface area contributed by atoms with Crippen molar-refractivity contribution < 1.29 is 0 Å². The van der Waals surface area contributed by atoms with E-state index in [0.29, 0.717) is 0 Å². The molecule has 0 bridgehead atoms. The molecule has 110 valence electrons. The first-order valence-corrected chi connectivity index (χ1v) is 8.14. The summed E-state index contributed by atoms with van der Waals surface area (Å²) in [5, 5.41) is 9.65. The van der Waals surface area contributed by atoms with Crippen LogP contribution in [-0.4, -0.2) is 20.5 Å². The van der Waals surface area contributed by atoms with Crippen LogP contribution in [-0.2, 0) is 6.42 Å². The van der Waals surface area contributed by atoms with Crippen molar-refractivity contribution in [2.45, 2.75) is 11.6 Å². The number of hydrogen-bond acceptors (Lipinski definition) is 3. The van der Waals surface area contributed by atoms with Crippen LogP contribution in [0.5, 0.6) is 0 Å². The molecular weight excluding hydrogens is 290 g/mol. The first-order valence-electron chi connectivity index (χ1n) is 7.16. The van der Waals surface area contributed by atoms with Gasteiger partial charge in [-0.2, -0.15) is 0 Å². The summed E-state index contributed by atoms with van der Waals surface area (Å²) in [6, 6.07) is 20.6. The van der Waals surface area contributed by atoms with Gasteiger partial charge in [0, 0.05) is 17.9 Å². The summed E-state index contributed by atoms with van der Waals surface area (Å²) in [6.07, 6.45) is 2.64. The minimum absolute atomic E-state index is 0.761. The van der Waals surface area contributed by atoms with Crippen molar-refractivity contribution in [3.63, 3.8) is 0 Å². The van der Waals surface area contributed by atoms with E-state index in [1.54, 1.807) is 11.8 Å². The van der Waals surface area contributed by atoms with E-state index in [9.17, 15) is 0 Å². The zero-order chi connectivity index (χ0) is 15.2. The summed E-state index contributed by atoms with van der Waals surface area (Å²) < 4.78 is 2.13. The second kappa shape index (κ2) is 7.09. The Kier molecular flexibility index (Phi) is 4.71. The highest BCUT2D eigenvalue weighted by Crippen LogP contribution is 2.23. The normalized spacial score (nSPS) is 10.5. The van der Waals surface area contributed by atoms with Crippen molar-refractivity contribution in [3.8, 4) is 5.69 Å². The predicted molar refractivity (Wildman–Crippen MR) is 91.5 cm³/mol. The van der Waals surface area contributed by atoms with E-state index >= 15 is 0 Å². The van der Waals surface area contributed by atoms with Gasteiger partial charge in [0.05, 0.1) is 0 Å². The van der Waals surface area contributed by atoms with Crippen LogP contribution < -0.4 is 0 Å². The first kappa shape index (κ1) is 14.6. The molecular formula is C18H17N3S. The lowest BCUT2D eigenvalue weighted by atomic mass is 10.1. The van der Waals surface area contributed by atoms with E-state index in [1.807, 2.05) is 42.5 Å². The molecule has 0 aliphatic heterocycles. The van der Waals surface area contributed by atoms with E-state index in [2.05, 4.69) is 45.6 Å². The van der Waals surface area contributed by atoms with Crippen molar-refractivity contribution in [1.29, 1.82) is 0 Å². The lowest BCUT2D eigenvalue weighted by Gasteiger charge is -2.09. The Labute approximate surface area is 134 Å². The van der Waals surface area contributed by atoms with Crippen molar-refractivity contribution in [2.75, 3.05) is 5.75 Å². The van der Waals surface area contributed by atoms with Crippen molar-refractivity contribution >= 4 is 11.8 Å². The van der Waals surface area contributed by atoms with Gasteiger partial charge < -0.3 is 0 Å². The van der Waals surface area contributed by atoms with E-state index < -0.39 is 0 Å². The fourth-order valence-corrected chi connectivity index (χ4v) is 2.96. The third kappa shape index (κ3) is 3.28. The minimum Gasteiger partial charge on any atom is -0.274 e. The Hall–Kier alpha value is -2.33. The maximum absolute atomic E-state index is 4.40. The average molecular weight is 307 g/mol. The van der Waals surface area contributed by atoms with Gasteiger partial charge in [-0.3, -0.25) is 4.57 Å². The zero-order valence-corrected chi connectivity index (χ0v) is 13.0. The van der Waals surface area contributed by atoms with Crippen LogP contribution in [0.25, 0.3) is 5.69 Å². The first-order chi connectivity index (χ1) is 10.9. The summed E-state index contributed by atoms with van der Waals surface area (Å²) >= 11 is 1.64. The van der Waals surface area contributed by atoms with Crippen LogP contribution in [0.2, 0.25) is 0 Å². The second-order valence-corrected chi connectivity index (χ2v) is 5.82. The molecule has 0 spiro atoms. The molecule has 2 aromatic carbocycles. The van der Waals surface area contributed by atoms with Crippen molar-refractivity contribution in [2.24, 2.45) is 0 Å². The van der Waals surface area contributed by atoms with E-state index in [-0.39, 0.29) is 0 Å². The van der Waals surface area contributed by atoms with Gasteiger partial charge in [-0.05, 0) is 17.7 Å². The van der Waals surface area contributed by atoms with Crippen molar-refractivity contribution in [1.82, 2.24) is 14.8 Å². The third-order valence-corrected chi connectivity index (χ3v) is 4.17. The number of benzene rings is 2. The van der Waals surface area contributed by atoms with Crippen LogP contribution in [0, 0.1) is 0 Å². The standard InChI is InChI=1S/C18H17N3S/c1-2-13-22-18-20-19-17(14-15-9-5-3-6-10-15)21(18)16-11-7-4-8-12-16/h2-12H,1,13-14H2. The van der Waals surface area contributed by atoms with E-state index in [1.165, 1.54) is 5.56 Å². The largest absolute Gasteiger partial charge is 0.274 e. The number of rotatable bonds is 6. The molecule has 3 aromatic rings. The van der Waals surface area contributed by atoms with E-state index in [4.69, 9.17) is 0 Å². The van der Waals surface area contributed by atoms with Crippen LogP contribution in [0.3, 0.4) is 0 Å². The topological polar surface area (TPSA) is 30.7 Å². The number of hydrogen-bond donors (Lipinski definition) is 0. The molecule has 0 fully saturated rings. The van der Waals surface area contributed by atoms with Gasteiger partial charge in [0.15, 0.2) is 5.16 Å². The molecule has 0 N–H and O–H groups in total. The fraction of sp³-hybridized carbons (Fsp3) is 0.111. The maximum Gasteiger partial charge on any atom is 0.196 e. The molecule has 0 amide bonds. The minimum atomic E-state index is 0.761. The molecule has 0 atom stereocenters. The number of nitrogens with zero attached hydrogens (tertiary/aromatic N) is 3. The number of para-hydroxylation sites is 1. The third-order valence-electron chi connectivity index (χ3n) is 3.25. The molecule has 0 saturated heterocycles. The molecule has 0 aliphatic carbocycles. The van der Waals surface area contributed by atoms with E-state index in [0.717, 1.165) is 28.8 Å². The Bertz CT molecular complexity index is 736. The Morgan fingerprint density at radius 1 is 0.955 bits per heavy atom. The van der Waals surface area contributed by atoms with Gasteiger partial charge in [-0.25, -0.2) is 0 Å². The van der Waals surface area contributed by atoms with Crippen LogP contribution in [0.1, 0.15) is 11.4 Å². The lowest BCUT2D eigenvalue weighted by Crippen LogP contribution is -2.03. The van der Waals surface area contributed by atoms with Crippen molar-refractivity contribution in [3.05, 3.63) is 84.7 Å². The Morgan fingerprint density at radius 3 is 2.32 bits per heavy atom. The SMILES string of the molecule is C=CCSc1nnc(Cc2ccccc2)n1-c1ccccc1. The fourth-order valence-electron chi connectivity index (χ4n) is 2.26. The smallest absolute Gasteiger partial charge is 0.196 e. The quantitative estimate of drug-likeness (QED) is 0.506. The summed E-state index contributed by atoms with van der Waals surface area (Å²) in [5.74, 6) is 1.76. The molecule has 1 aromatic heterocycles. The van der Waals surface area contributed by atoms with Gasteiger partial charge in [0.2, 0.25) is 0 Å². The average Bonchev–Trinajstić information content (AvgIpc) is 2.97. The highest BCUT2D eigenvalue weighted by Gasteiger charge is 2.14. The Balaban J connectivity index is 1.99. The maximum atomic E-state index is 4.40. The molecule has 0 unspecified atom stereocenters. The molecule has 3 nitrogen and oxygen atoms in total. The highest BCUT2D eigenvalue weighted by molar-refractivity contribution is 7.99. The van der Waals surface area contributed by atoms with Gasteiger partial charge in [0.1, 0.15) is 5.82 Å². The monoisotopic (exact) mass is 307 g/mol. The predicted octanol–water partition coefficient (Wildman–Crippen LogP) is 4.14. The molecule has 22 heavy (non-hydrogen) atoms. The molecule has 3 rings (SSSR count). The van der Waals surface area contributed by atoms with Crippen LogP contribution in [0.4, 0.5) is 0 Å². The molecule has 0 saturated carbocycles. The van der Waals surface area contributed by atoms with Crippen LogP contribution >= 0.6 is 11.8 Å². The van der Waals surface area contributed by atoms with Gasteiger partial charge >= 0.3 is 0 Å². The summed E-state index contributed by atoms with van der Waals surface area (Å²) in [4.78, 5) is 0. The van der Waals surface area contributed by atoms with Crippen LogP contribution in [0.15, 0.2) is 78.5 Å². The molecule has 4 heteroatoms. The molecule has 0 radical (unpaired) electrons. The molecule has 0 aliphatic rings. The Morgan fingerprint density at radius 2 is 1.64 bits per heavy atom.